The minimum absolute atomic E-state index is 0.0710. The van der Waals surface area contributed by atoms with Crippen LogP contribution in [0.25, 0.3) is 0 Å². The van der Waals surface area contributed by atoms with E-state index in [-0.39, 0.29) is 16.7 Å². The number of fused-ring (bicyclic) bond motifs is 1. The van der Waals surface area contributed by atoms with Gasteiger partial charge in [0, 0.05) is 10.6 Å². The molecule has 128 valence electrons. The number of aryl methyl sites for hydroxylation is 2. The quantitative estimate of drug-likeness (QED) is 0.816. The summed E-state index contributed by atoms with van der Waals surface area (Å²) in [6.45, 7) is -1.21. The van der Waals surface area contributed by atoms with Crippen molar-refractivity contribution in [2.75, 3.05) is 5.73 Å². The van der Waals surface area contributed by atoms with Crippen LogP contribution >= 0.6 is 11.3 Å². The molecule has 24 heavy (non-hydrogen) atoms. The molecule has 3 N–H and O–H groups in total. The van der Waals surface area contributed by atoms with Crippen molar-refractivity contribution in [1.29, 1.82) is 0 Å². The minimum atomic E-state index is -2.95. The van der Waals surface area contributed by atoms with Crippen LogP contribution in [0.4, 0.5) is 14.5 Å². The Balaban J connectivity index is 1.82. The molecule has 0 saturated carbocycles. The van der Waals surface area contributed by atoms with Crippen LogP contribution in [0.5, 0.6) is 5.75 Å². The third-order valence-electron chi connectivity index (χ3n) is 4.03. The average molecular weight is 352 g/mol. The van der Waals surface area contributed by atoms with Gasteiger partial charge in [-0.3, -0.25) is 4.79 Å². The lowest BCUT2D eigenvalue weighted by atomic mass is 9.87. The number of carbonyl (C=O) groups is 1. The van der Waals surface area contributed by atoms with Gasteiger partial charge < -0.3 is 15.8 Å². The summed E-state index contributed by atoms with van der Waals surface area (Å²) in [5, 5.41) is 2.94. The molecular formula is C17H18F2N2O2S. The predicted molar refractivity (Wildman–Crippen MR) is 89.7 cm³/mol. The van der Waals surface area contributed by atoms with Crippen molar-refractivity contribution in [3.63, 3.8) is 0 Å². The number of nitrogens with one attached hydrogen (secondary N) is 1. The highest BCUT2D eigenvalue weighted by Gasteiger charge is 2.25. The first-order valence-corrected chi connectivity index (χ1v) is 8.50. The zero-order valence-electron chi connectivity index (χ0n) is 13.1. The molecule has 1 aromatic carbocycles. The van der Waals surface area contributed by atoms with E-state index in [9.17, 15) is 13.6 Å². The maximum Gasteiger partial charge on any atom is 0.387 e. The Bertz CT molecular complexity index is 761. The highest BCUT2D eigenvalue weighted by Crippen LogP contribution is 2.34. The van der Waals surface area contributed by atoms with Crippen molar-refractivity contribution >= 4 is 22.9 Å². The van der Waals surface area contributed by atoms with E-state index in [1.165, 1.54) is 6.07 Å². The van der Waals surface area contributed by atoms with E-state index in [1.54, 1.807) is 6.92 Å². The summed E-state index contributed by atoms with van der Waals surface area (Å²) >= 11 is 1.15. The molecule has 1 atom stereocenters. The predicted octanol–water partition coefficient (Wildman–Crippen LogP) is 4.05. The first kappa shape index (κ1) is 16.7. The second-order valence-electron chi connectivity index (χ2n) is 5.81. The van der Waals surface area contributed by atoms with Crippen molar-refractivity contribution in [2.24, 2.45) is 0 Å². The molecule has 0 bridgehead atoms. The molecule has 1 aromatic heterocycles. The van der Waals surface area contributed by atoms with Gasteiger partial charge in [-0.05, 0) is 55.5 Å². The van der Waals surface area contributed by atoms with Gasteiger partial charge in [-0.15, -0.1) is 11.3 Å². The number of alkyl halides is 2. The molecule has 1 unspecified atom stereocenters. The molecule has 1 amide bonds. The number of nitrogen functional groups attached to an aromatic ring is 1. The van der Waals surface area contributed by atoms with Gasteiger partial charge in [0.2, 0.25) is 0 Å². The summed E-state index contributed by atoms with van der Waals surface area (Å²) in [4.78, 5) is 13.5. The second-order valence-corrected chi connectivity index (χ2v) is 7.06. The second kappa shape index (κ2) is 6.76. The molecule has 0 spiro atoms. The van der Waals surface area contributed by atoms with Crippen LogP contribution in [0.1, 0.15) is 44.6 Å². The van der Waals surface area contributed by atoms with Crippen LogP contribution in [-0.2, 0) is 6.42 Å². The Morgan fingerprint density at radius 2 is 2.21 bits per heavy atom. The fourth-order valence-electron chi connectivity index (χ4n) is 3.04. The molecule has 3 rings (SSSR count). The van der Waals surface area contributed by atoms with Gasteiger partial charge in [-0.1, -0.05) is 6.07 Å². The number of hydrogen-bond donors (Lipinski definition) is 2. The Hall–Kier alpha value is -2.15. The summed E-state index contributed by atoms with van der Waals surface area (Å²) < 4.78 is 29.5. The van der Waals surface area contributed by atoms with E-state index >= 15 is 0 Å². The van der Waals surface area contributed by atoms with E-state index in [2.05, 4.69) is 10.1 Å². The fraction of sp³-hybridized carbons (Fsp3) is 0.353. The minimum Gasteiger partial charge on any atom is -0.433 e. The third kappa shape index (κ3) is 3.51. The van der Waals surface area contributed by atoms with Gasteiger partial charge in [-0.25, -0.2) is 0 Å². The Labute approximate surface area is 142 Å². The molecule has 4 nitrogen and oxygen atoms in total. The normalized spacial score (nSPS) is 16.8. The van der Waals surface area contributed by atoms with Crippen LogP contribution < -0.4 is 15.8 Å². The van der Waals surface area contributed by atoms with Gasteiger partial charge in [0.15, 0.2) is 0 Å². The molecule has 0 saturated heterocycles. The number of amides is 1. The molecule has 1 aliphatic carbocycles. The number of thiophene rings is 1. The van der Waals surface area contributed by atoms with Crippen molar-refractivity contribution in [3.8, 4) is 5.75 Å². The first-order valence-electron chi connectivity index (χ1n) is 7.68. The smallest absolute Gasteiger partial charge is 0.387 e. The van der Waals surface area contributed by atoms with Crippen molar-refractivity contribution in [2.45, 2.75) is 38.8 Å². The van der Waals surface area contributed by atoms with Gasteiger partial charge in [0.25, 0.3) is 5.91 Å². The third-order valence-corrected chi connectivity index (χ3v) is 5.06. The van der Waals surface area contributed by atoms with Crippen molar-refractivity contribution in [3.05, 3.63) is 45.1 Å². The molecule has 0 aliphatic heterocycles. The number of ether oxygens (including phenoxy) is 1. The lowest BCUT2D eigenvalue weighted by Crippen LogP contribution is -2.30. The van der Waals surface area contributed by atoms with Gasteiger partial charge in [-0.2, -0.15) is 8.78 Å². The van der Waals surface area contributed by atoms with Gasteiger partial charge in [0.1, 0.15) is 10.6 Å². The van der Waals surface area contributed by atoms with E-state index < -0.39 is 12.5 Å². The maximum atomic E-state index is 12.6. The monoisotopic (exact) mass is 352 g/mol. The highest BCUT2D eigenvalue weighted by atomic mass is 32.1. The molecule has 1 heterocycles. The zero-order chi connectivity index (χ0) is 17.3. The van der Waals surface area contributed by atoms with Crippen molar-refractivity contribution < 1.29 is 18.3 Å². The number of halogens is 2. The topological polar surface area (TPSA) is 64.3 Å². The molecule has 7 heteroatoms. The molecular weight excluding hydrogens is 334 g/mol. The molecule has 0 fully saturated rings. The fourth-order valence-corrected chi connectivity index (χ4v) is 3.89. The van der Waals surface area contributed by atoms with Crippen LogP contribution in [0.3, 0.4) is 0 Å². The number of hydrogen-bond acceptors (Lipinski definition) is 4. The number of nitrogens with two attached hydrogens (primary N) is 1. The van der Waals surface area contributed by atoms with Crippen molar-refractivity contribution in [1.82, 2.24) is 5.32 Å². The highest BCUT2D eigenvalue weighted by molar-refractivity contribution is 7.14. The lowest BCUT2D eigenvalue weighted by Gasteiger charge is -2.26. The molecule has 2 aromatic rings. The van der Waals surface area contributed by atoms with Crippen LogP contribution in [0, 0.1) is 6.92 Å². The Morgan fingerprint density at radius 3 is 2.96 bits per heavy atom. The van der Waals surface area contributed by atoms with Crippen LogP contribution in [0.15, 0.2) is 24.3 Å². The van der Waals surface area contributed by atoms with Crippen LogP contribution in [-0.4, -0.2) is 12.5 Å². The standard InChI is InChI=1S/C17H18F2N2O2S/c1-9-7-14(23-17(18)19)15(24-9)16(22)21-13-4-2-3-10-8-11(20)5-6-12(10)13/h5-8,13,17H,2-4,20H2,1H3,(H,21,22). The van der Waals surface area contributed by atoms with Gasteiger partial charge in [0.05, 0.1) is 6.04 Å². The first-order chi connectivity index (χ1) is 11.4. The largest absolute Gasteiger partial charge is 0.433 e. The average Bonchev–Trinajstić information content (AvgIpc) is 2.87. The lowest BCUT2D eigenvalue weighted by molar-refractivity contribution is -0.0498. The van der Waals surface area contributed by atoms with E-state index in [1.807, 2.05) is 18.2 Å². The Morgan fingerprint density at radius 1 is 1.42 bits per heavy atom. The molecule has 0 radical (unpaired) electrons. The zero-order valence-corrected chi connectivity index (χ0v) is 14.0. The Kier molecular flexibility index (Phi) is 4.71. The summed E-state index contributed by atoms with van der Waals surface area (Å²) in [6.07, 6.45) is 2.66. The van der Waals surface area contributed by atoms with Gasteiger partial charge >= 0.3 is 6.61 Å². The number of benzene rings is 1. The summed E-state index contributed by atoms with van der Waals surface area (Å²) in [5.74, 6) is -0.461. The van der Waals surface area contributed by atoms with E-state index in [0.29, 0.717) is 5.69 Å². The van der Waals surface area contributed by atoms with E-state index in [0.717, 1.165) is 46.6 Å². The number of anilines is 1. The van der Waals surface area contributed by atoms with Crippen LogP contribution in [0.2, 0.25) is 0 Å². The maximum absolute atomic E-state index is 12.6. The number of carbonyl (C=O) groups excluding carboxylic acids is 1. The molecule has 1 aliphatic rings. The number of rotatable bonds is 4. The summed E-state index contributed by atoms with van der Waals surface area (Å²) in [7, 11) is 0. The summed E-state index contributed by atoms with van der Waals surface area (Å²) in [6, 6.07) is 6.97. The SMILES string of the molecule is Cc1cc(OC(F)F)c(C(=O)NC2CCCc3cc(N)ccc32)s1. The van der Waals surface area contributed by atoms with E-state index in [4.69, 9.17) is 5.73 Å². The summed E-state index contributed by atoms with van der Waals surface area (Å²) in [5.41, 5.74) is 8.67.